The second-order valence-corrected chi connectivity index (χ2v) is 7.79. The number of rotatable bonds is 4. The van der Waals surface area contributed by atoms with Crippen LogP contribution in [0.5, 0.6) is 0 Å². The zero-order valence-corrected chi connectivity index (χ0v) is 15.1. The Morgan fingerprint density at radius 1 is 1.27 bits per heavy atom. The summed E-state index contributed by atoms with van der Waals surface area (Å²) in [5.74, 6) is -3.12. The van der Waals surface area contributed by atoms with Crippen molar-refractivity contribution in [1.29, 1.82) is 0 Å². The molecule has 2 aliphatic carbocycles. The van der Waals surface area contributed by atoms with Crippen LogP contribution in [0.15, 0.2) is 23.3 Å². The summed E-state index contributed by atoms with van der Waals surface area (Å²) < 4.78 is 30.8. The highest BCUT2D eigenvalue weighted by Gasteiger charge is 2.60. The summed E-state index contributed by atoms with van der Waals surface area (Å²) in [6.45, 7) is 6.10. The Labute approximate surface area is 150 Å². The lowest BCUT2D eigenvalue weighted by atomic mass is 9.70. The van der Waals surface area contributed by atoms with Crippen molar-refractivity contribution in [2.45, 2.75) is 40.0 Å². The molecule has 26 heavy (non-hydrogen) atoms. The van der Waals surface area contributed by atoms with Crippen LogP contribution in [0.1, 0.15) is 50.4 Å². The Kier molecular flexibility index (Phi) is 4.58. The van der Waals surface area contributed by atoms with Gasteiger partial charge in [0.1, 0.15) is 0 Å². The van der Waals surface area contributed by atoms with Crippen LogP contribution < -0.4 is 5.43 Å². The summed E-state index contributed by atoms with van der Waals surface area (Å²) in [6, 6.07) is 2.65. The topological polar surface area (TPSA) is 67.8 Å². The quantitative estimate of drug-likeness (QED) is 0.657. The maximum atomic E-state index is 13.1. The number of esters is 1. The smallest absolute Gasteiger partial charge is 0.338 e. The molecule has 5 nitrogen and oxygen atoms in total. The zero-order valence-electron chi connectivity index (χ0n) is 15.1. The molecule has 2 saturated carbocycles. The van der Waals surface area contributed by atoms with Gasteiger partial charge >= 0.3 is 5.97 Å². The minimum atomic E-state index is -1.15. The molecule has 0 heterocycles. The van der Waals surface area contributed by atoms with Crippen LogP contribution in [0, 0.1) is 28.4 Å². The monoisotopic (exact) mass is 364 g/mol. The molecule has 0 spiro atoms. The van der Waals surface area contributed by atoms with E-state index in [2.05, 4.69) is 31.3 Å². The van der Waals surface area contributed by atoms with Gasteiger partial charge in [-0.3, -0.25) is 4.79 Å². The first kappa shape index (κ1) is 18.5. The van der Waals surface area contributed by atoms with Crippen LogP contribution in [0.3, 0.4) is 0 Å². The second kappa shape index (κ2) is 6.45. The number of benzene rings is 1. The fourth-order valence-corrected chi connectivity index (χ4v) is 4.10. The first-order chi connectivity index (χ1) is 12.1. The van der Waals surface area contributed by atoms with Crippen LogP contribution in [0.4, 0.5) is 8.78 Å². The first-order valence-corrected chi connectivity index (χ1v) is 8.63. The van der Waals surface area contributed by atoms with Crippen molar-refractivity contribution in [3.8, 4) is 0 Å². The van der Waals surface area contributed by atoms with Crippen LogP contribution >= 0.6 is 0 Å². The molecule has 0 aliphatic heterocycles. The summed E-state index contributed by atoms with van der Waals surface area (Å²) in [5.41, 5.74) is 3.36. The lowest BCUT2D eigenvalue weighted by Gasteiger charge is -2.34. The van der Waals surface area contributed by atoms with Gasteiger partial charge in [-0.1, -0.05) is 20.8 Å². The molecular formula is C19H22F2N2O3. The molecule has 1 N–H and O–H groups in total. The lowest BCUT2D eigenvalue weighted by molar-refractivity contribution is -0.124. The summed E-state index contributed by atoms with van der Waals surface area (Å²) in [6.07, 6.45) is 3.07. The standard InChI is InChI=1S/C19H22F2N2O3/c1-18(2)12-6-7-19(18,3)15(9-12)22-23-16(24)10-26-17(25)11-4-5-13(20)14(21)8-11/h4-5,8,12H,6-7,9-10H2,1-3H3,(H,23,24)/b22-15-. The van der Waals surface area contributed by atoms with E-state index in [0.717, 1.165) is 36.8 Å². The normalized spacial score (nSPS) is 27.6. The maximum Gasteiger partial charge on any atom is 0.338 e. The third kappa shape index (κ3) is 2.99. The summed E-state index contributed by atoms with van der Waals surface area (Å²) in [4.78, 5) is 23.7. The van der Waals surface area contributed by atoms with Crippen molar-refractivity contribution >= 4 is 17.6 Å². The Balaban J connectivity index is 1.55. The van der Waals surface area contributed by atoms with E-state index in [1.54, 1.807) is 0 Å². The Bertz CT molecular complexity index is 791. The van der Waals surface area contributed by atoms with Crippen LogP contribution in [0.2, 0.25) is 0 Å². The molecule has 0 aromatic heterocycles. The van der Waals surface area contributed by atoms with Gasteiger partial charge in [-0.25, -0.2) is 19.0 Å². The van der Waals surface area contributed by atoms with Gasteiger partial charge in [0.2, 0.25) is 0 Å². The summed E-state index contributed by atoms with van der Waals surface area (Å²) in [7, 11) is 0. The molecular weight excluding hydrogens is 342 g/mol. The van der Waals surface area contributed by atoms with Gasteiger partial charge < -0.3 is 4.74 Å². The highest BCUT2D eigenvalue weighted by Crippen LogP contribution is 2.63. The highest BCUT2D eigenvalue weighted by atomic mass is 19.2. The molecule has 0 radical (unpaired) electrons. The SMILES string of the molecule is CC12CCC(C/C1=N/NC(=O)COC(=O)c1ccc(F)c(F)c1)C2(C)C. The van der Waals surface area contributed by atoms with Crippen LogP contribution in [-0.2, 0) is 9.53 Å². The van der Waals surface area contributed by atoms with Gasteiger partial charge in [-0.15, -0.1) is 0 Å². The van der Waals surface area contributed by atoms with Crippen molar-refractivity contribution in [2.75, 3.05) is 6.61 Å². The molecule has 2 aliphatic rings. The number of carbonyl (C=O) groups is 2. The minimum absolute atomic E-state index is 0.0345. The van der Waals surface area contributed by atoms with Gasteiger partial charge in [-0.2, -0.15) is 5.10 Å². The van der Waals surface area contributed by atoms with Gasteiger partial charge in [0.15, 0.2) is 18.2 Å². The fraction of sp³-hybridized carbons (Fsp3) is 0.526. The van der Waals surface area contributed by atoms with E-state index >= 15 is 0 Å². The number of fused-ring (bicyclic) bond motifs is 2. The summed E-state index contributed by atoms with van der Waals surface area (Å²) in [5, 5.41) is 4.27. The van der Waals surface area contributed by atoms with Crippen LogP contribution in [-0.4, -0.2) is 24.2 Å². The third-order valence-electron chi connectivity index (χ3n) is 6.32. The van der Waals surface area contributed by atoms with Crippen molar-refractivity contribution in [3.63, 3.8) is 0 Å². The number of ether oxygens (including phenoxy) is 1. The Morgan fingerprint density at radius 2 is 2.00 bits per heavy atom. The largest absolute Gasteiger partial charge is 0.452 e. The zero-order chi connectivity index (χ0) is 19.1. The van der Waals surface area contributed by atoms with Gasteiger partial charge in [0.25, 0.3) is 5.91 Å². The number of halogens is 2. The molecule has 2 bridgehead atoms. The number of hydrazone groups is 1. The Morgan fingerprint density at radius 3 is 2.58 bits per heavy atom. The van der Waals surface area contributed by atoms with Crippen molar-refractivity contribution in [3.05, 3.63) is 35.4 Å². The van der Waals surface area contributed by atoms with Gasteiger partial charge in [0.05, 0.1) is 5.56 Å². The molecule has 0 saturated heterocycles. The van der Waals surface area contributed by atoms with Crippen LogP contribution in [0.25, 0.3) is 0 Å². The molecule has 140 valence electrons. The van der Waals surface area contributed by atoms with Gasteiger partial charge in [0, 0.05) is 11.1 Å². The van der Waals surface area contributed by atoms with E-state index in [1.807, 2.05) is 0 Å². The molecule has 3 rings (SSSR count). The fourth-order valence-electron chi connectivity index (χ4n) is 4.10. The number of hydrogen-bond donors (Lipinski definition) is 1. The van der Waals surface area contributed by atoms with Crippen molar-refractivity contribution in [2.24, 2.45) is 21.8 Å². The first-order valence-electron chi connectivity index (χ1n) is 8.63. The highest BCUT2D eigenvalue weighted by molar-refractivity contribution is 5.95. The van der Waals surface area contributed by atoms with Crippen molar-refractivity contribution < 1.29 is 23.1 Å². The van der Waals surface area contributed by atoms with E-state index in [9.17, 15) is 18.4 Å². The predicted molar refractivity (Wildman–Crippen MR) is 91.4 cm³/mol. The average Bonchev–Trinajstić information content (AvgIpc) is 2.93. The van der Waals surface area contributed by atoms with E-state index in [4.69, 9.17) is 4.74 Å². The Hall–Kier alpha value is -2.31. The number of nitrogens with zero attached hydrogens (tertiary/aromatic N) is 1. The van der Waals surface area contributed by atoms with Crippen molar-refractivity contribution in [1.82, 2.24) is 5.43 Å². The molecule has 1 amide bonds. The number of carbonyl (C=O) groups excluding carboxylic acids is 2. The number of nitrogens with one attached hydrogen (secondary N) is 1. The molecule has 1 aromatic carbocycles. The van der Waals surface area contributed by atoms with Gasteiger partial charge in [-0.05, 0) is 48.8 Å². The third-order valence-corrected chi connectivity index (χ3v) is 6.32. The molecule has 2 atom stereocenters. The average molecular weight is 364 g/mol. The summed E-state index contributed by atoms with van der Waals surface area (Å²) >= 11 is 0. The molecule has 7 heteroatoms. The number of amides is 1. The molecule has 1 aromatic rings. The van der Waals surface area contributed by atoms with E-state index in [-0.39, 0.29) is 16.4 Å². The minimum Gasteiger partial charge on any atom is -0.452 e. The van der Waals surface area contributed by atoms with E-state index in [1.165, 1.54) is 6.42 Å². The lowest BCUT2D eigenvalue weighted by Crippen LogP contribution is -2.34. The number of hydrogen-bond acceptors (Lipinski definition) is 4. The van der Waals surface area contributed by atoms with E-state index < -0.39 is 30.1 Å². The second-order valence-electron chi connectivity index (χ2n) is 7.79. The molecule has 2 fully saturated rings. The molecule has 2 unspecified atom stereocenters. The maximum absolute atomic E-state index is 13.1. The van der Waals surface area contributed by atoms with E-state index in [0.29, 0.717) is 5.92 Å². The predicted octanol–water partition coefficient (Wildman–Crippen LogP) is 3.44.